The molecule has 1 saturated heterocycles. The SMILES string of the molecule is CC.COc1cc(Cl)cc2c3cc(C)ccc3n(C3CCCNCC3)c12. The number of hydrogen-bond acceptors (Lipinski definition) is 2. The molecule has 2 aromatic carbocycles. The summed E-state index contributed by atoms with van der Waals surface area (Å²) in [6.45, 7) is 8.31. The molecule has 1 N–H and O–H groups in total. The fourth-order valence-electron chi connectivity index (χ4n) is 4.02. The van der Waals surface area contributed by atoms with Crippen LogP contribution in [0.5, 0.6) is 5.75 Å². The molecule has 0 amide bonds. The molecule has 0 saturated carbocycles. The molecule has 26 heavy (non-hydrogen) atoms. The van der Waals surface area contributed by atoms with Gasteiger partial charge in [-0.25, -0.2) is 0 Å². The van der Waals surface area contributed by atoms with Crippen LogP contribution < -0.4 is 10.1 Å². The van der Waals surface area contributed by atoms with E-state index in [0.29, 0.717) is 6.04 Å². The summed E-state index contributed by atoms with van der Waals surface area (Å²) in [6.07, 6.45) is 3.53. The van der Waals surface area contributed by atoms with Gasteiger partial charge in [0.05, 0.1) is 12.6 Å². The van der Waals surface area contributed by atoms with E-state index >= 15 is 0 Å². The highest BCUT2D eigenvalue weighted by molar-refractivity contribution is 6.32. The fourth-order valence-corrected chi connectivity index (χ4v) is 4.23. The first-order valence-electron chi connectivity index (χ1n) is 9.67. The second-order valence-corrected chi connectivity index (χ2v) is 7.17. The van der Waals surface area contributed by atoms with E-state index < -0.39 is 0 Å². The lowest BCUT2D eigenvalue weighted by Crippen LogP contribution is -2.15. The van der Waals surface area contributed by atoms with Crippen LogP contribution in [-0.4, -0.2) is 24.8 Å². The Morgan fingerprint density at radius 2 is 1.88 bits per heavy atom. The molecule has 0 bridgehead atoms. The van der Waals surface area contributed by atoms with Gasteiger partial charge < -0.3 is 14.6 Å². The number of hydrogen-bond donors (Lipinski definition) is 1. The summed E-state index contributed by atoms with van der Waals surface area (Å²) in [7, 11) is 1.73. The summed E-state index contributed by atoms with van der Waals surface area (Å²) in [4.78, 5) is 0. The molecule has 140 valence electrons. The molecular weight excluding hydrogens is 344 g/mol. The molecule has 4 rings (SSSR count). The highest BCUT2D eigenvalue weighted by Gasteiger charge is 2.22. The zero-order valence-electron chi connectivity index (χ0n) is 16.2. The predicted molar refractivity (Wildman–Crippen MR) is 113 cm³/mol. The van der Waals surface area contributed by atoms with Crippen molar-refractivity contribution in [2.75, 3.05) is 20.2 Å². The van der Waals surface area contributed by atoms with Crippen LogP contribution >= 0.6 is 11.6 Å². The molecule has 3 nitrogen and oxygen atoms in total. The van der Waals surface area contributed by atoms with Gasteiger partial charge >= 0.3 is 0 Å². The van der Waals surface area contributed by atoms with Crippen molar-refractivity contribution < 1.29 is 4.74 Å². The monoisotopic (exact) mass is 372 g/mol. The van der Waals surface area contributed by atoms with Gasteiger partial charge in [-0.05, 0) is 57.5 Å². The molecule has 1 aromatic heterocycles. The van der Waals surface area contributed by atoms with Gasteiger partial charge in [0.25, 0.3) is 0 Å². The first kappa shape index (κ1) is 19.1. The third-order valence-electron chi connectivity index (χ3n) is 5.11. The second-order valence-electron chi connectivity index (χ2n) is 6.73. The molecule has 1 unspecified atom stereocenters. The second kappa shape index (κ2) is 8.32. The van der Waals surface area contributed by atoms with Gasteiger partial charge in [-0.1, -0.05) is 37.1 Å². The average molecular weight is 373 g/mol. The molecule has 1 aliphatic heterocycles. The maximum Gasteiger partial charge on any atom is 0.144 e. The van der Waals surface area contributed by atoms with Crippen LogP contribution in [0.2, 0.25) is 5.02 Å². The van der Waals surface area contributed by atoms with Crippen molar-refractivity contribution in [1.82, 2.24) is 9.88 Å². The Hall–Kier alpha value is -1.71. The Balaban J connectivity index is 0.000000948. The molecule has 3 aromatic rings. The van der Waals surface area contributed by atoms with Crippen LogP contribution in [0.1, 0.15) is 44.7 Å². The lowest BCUT2D eigenvalue weighted by Gasteiger charge is -2.20. The summed E-state index contributed by atoms with van der Waals surface area (Å²) in [5, 5.41) is 6.70. The third kappa shape index (κ3) is 3.43. The average Bonchev–Trinajstić information content (AvgIpc) is 2.81. The number of rotatable bonds is 2. The van der Waals surface area contributed by atoms with Crippen molar-refractivity contribution in [2.45, 2.75) is 46.1 Å². The highest BCUT2D eigenvalue weighted by Crippen LogP contribution is 2.41. The minimum atomic E-state index is 0.484. The first-order valence-corrected chi connectivity index (χ1v) is 10.1. The summed E-state index contributed by atoms with van der Waals surface area (Å²) in [6, 6.07) is 11.2. The van der Waals surface area contributed by atoms with Crippen molar-refractivity contribution in [2.24, 2.45) is 0 Å². The van der Waals surface area contributed by atoms with Gasteiger partial charge in [0, 0.05) is 33.4 Å². The van der Waals surface area contributed by atoms with Crippen molar-refractivity contribution >= 4 is 33.4 Å². The molecule has 0 aliphatic carbocycles. The highest BCUT2D eigenvalue weighted by atomic mass is 35.5. The molecule has 4 heteroatoms. The molecule has 1 fully saturated rings. The largest absolute Gasteiger partial charge is 0.494 e. The van der Waals surface area contributed by atoms with Crippen LogP contribution in [0.25, 0.3) is 21.8 Å². The predicted octanol–water partition coefficient (Wildman–Crippen LogP) is 6.11. The van der Waals surface area contributed by atoms with Crippen molar-refractivity contribution in [3.05, 3.63) is 40.9 Å². The Morgan fingerprint density at radius 1 is 1.08 bits per heavy atom. The van der Waals surface area contributed by atoms with E-state index in [1.54, 1.807) is 7.11 Å². The van der Waals surface area contributed by atoms with E-state index in [1.165, 1.54) is 40.2 Å². The number of halogens is 1. The Kier molecular flexibility index (Phi) is 6.10. The van der Waals surface area contributed by atoms with Crippen molar-refractivity contribution in [1.29, 1.82) is 0 Å². The van der Waals surface area contributed by atoms with Crippen LogP contribution in [0.4, 0.5) is 0 Å². The lowest BCUT2D eigenvalue weighted by molar-refractivity contribution is 0.412. The van der Waals surface area contributed by atoms with Crippen LogP contribution in [0.3, 0.4) is 0 Å². The van der Waals surface area contributed by atoms with Crippen LogP contribution in [0.15, 0.2) is 30.3 Å². The van der Waals surface area contributed by atoms with Gasteiger partial charge in [-0.15, -0.1) is 0 Å². The summed E-state index contributed by atoms with van der Waals surface area (Å²) >= 11 is 6.36. The number of aryl methyl sites for hydroxylation is 1. The van der Waals surface area contributed by atoms with Crippen LogP contribution in [-0.2, 0) is 0 Å². The smallest absolute Gasteiger partial charge is 0.144 e. The van der Waals surface area contributed by atoms with Gasteiger partial charge in [0.15, 0.2) is 0 Å². The lowest BCUT2D eigenvalue weighted by atomic mass is 10.1. The van der Waals surface area contributed by atoms with E-state index in [-0.39, 0.29) is 0 Å². The molecule has 0 spiro atoms. The van der Waals surface area contributed by atoms with E-state index in [2.05, 4.69) is 41.1 Å². The quantitative estimate of drug-likeness (QED) is 0.587. The van der Waals surface area contributed by atoms with Gasteiger partial charge in [0.1, 0.15) is 5.75 Å². The number of nitrogens with one attached hydrogen (secondary N) is 1. The first-order chi connectivity index (χ1) is 12.7. The number of methoxy groups -OCH3 is 1. The number of nitrogens with zero attached hydrogens (tertiary/aromatic N) is 1. The van der Waals surface area contributed by atoms with Gasteiger partial charge in [0.2, 0.25) is 0 Å². The zero-order valence-corrected chi connectivity index (χ0v) is 17.0. The fraction of sp³-hybridized carbons (Fsp3) is 0.455. The summed E-state index contributed by atoms with van der Waals surface area (Å²) in [5.74, 6) is 0.864. The summed E-state index contributed by atoms with van der Waals surface area (Å²) < 4.78 is 8.20. The van der Waals surface area contributed by atoms with Crippen molar-refractivity contribution in [3.8, 4) is 5.75 Å². The molecule has 0 radical (unpaired) electrons. The minimum Gasteiger partial charge on any atom is -0.494 e. The van der Waals surface area contributed by atoms with Crippen molar-refractivity contribution in [3.63, 3.8) is 0 Å². The summed E-state index contributed by atoms with van der Waals surface area (Å²) in [5.41, 5.74) is 3.72. The van der Waals surface area contributed by atoms with E-state index in [4.69, 9.17) is 16.3 Å². The van der Waals surface area contributed by atoms with Gasteiger partial charge in [-0.3, -0.25) is 0 Å². The number of benzene rings is 2. The van der Waals surface area contributed by atoms with E-state index in [1.807, 2.05) is 19.9 Å². The molecule has 1 aliphatic rings. The molecular formula is C22H29ClN2O. The van der Waals surface area contributed by atoms with E-state index in [9.17, 15) is 0 Å². The number of ether oxygens (including phenoxy) is 1. The normalized spacial score (nSPS) is 17.7. The third-order valence-corrected chi connectivity index (χ3v) is 5.33. The molecule has 2 heterocycles. The topological polar surface area (TPSA) is 26.2 Å². The number of fused-ring (bicyclic) bond motifs is 3. The van der Waals surface area contributed by atoms with Gasteiger partial charge in [-0.2, -0.15) is 0 Å². The van der Waals surface area contributed by atoms with E-state index in [0.717, 1.165) is 30.3 Å². The van der Waals surface area contributed by atoms with Crippen LogP contribution in [0, 0.1) is 6.92 Å². The molecule has 1 atom stereocenters. The maximum atomic E-state index is 6.36. The number of aromatic nitrogens is 1. The Labute approximate surface area is 161 Å². The maximum absolute atomic E-state index is 6.36. The Bertz CT molecular complexity index is 892. The standard InChI is InChI=1S/C20H23ClN2O.C2H6/c1-13-5-6-18-16(10-13)17-11-14(21)12-19(24-2)20(17)23(18)15-4-3-8-22-9-7-15;1-2/h5-6,10-12,15,22H,3-4,7-9H2,1-2H3;1-2H3. The zero-order chi connectivity index (χ0) is 18.7. The minimum absolute atomic E-state index is 0.484. The Morgan fingerprint density at radius 3 is 2.65 bits per heavy atom.